The number of rotatable bonds is 2. The number of thiol groups is 1. The highest BCUT2D eigenvalue weighted by molar-refractivity contribution is 7.81. The van der Waals surface area contributed by atoms with Gasteiger partial charge < -0.3 is 10.7 Å². The third kappa shape index (κ3) is 1.68. The molecular formula is C8H7N5O4S. The minimum absolute atomic E-state index is 0.0331. The molecule has 0 aliphatic carbocycles. The van der Waals surface area contributed by atoms with Crippen molar-refractivity contribution in [2.24, 2.45) is 0 Å². The number of nitrogen functional groups attached to an aromatic ring is 1. The quantitative estimate of drug-likeness (QED) is 0.253. The highest BCUT2D eigenvalue weighted by atomic mass is 32.1. The van der Waals surface area contributed by atoms with E-state index in [0.717, 1.165) is 12.1 Å². The van der Waals surface area contributed by atoms with Crippen LogP contribution >= 0.6 is 12.8 Å². The van der Waals surface area contributed by atoms with Crippen molar-refractivity contribution in [1.82, 2.24) is 9.66 Å². The van der Waals surface area contributed by atoms with E-state index in [4.69, 9.17) is 5.73 Å². The molecule has 1 aromatic carbocycles. The molecule has 94 valence electrons. The Balaban J connectivity index is 2.95. The third-order valence-electron chi connectivity index (χ3n) is 2.34. The van der Waals surface area contributed by atoms with Crippen LogP contribution in [-0.4, -0.2) is 14.6 Å². The largest absolute Gasteiger partial charge is 0.393 e. The van der Waals surface area contributed by atoms with Crippen LogP contribution in [0.2, 0.25) is 0 Å². The molecule has 4 N–H and O–H groups in total. The summed E-state index contributed by atoms with van der Waals surface area (Å²) in [4.78, 5) is 37.7. The number of nitro benzene ring substituents is 1. The number of nitro groups is 1. The van der Waals surface area contributed by atoms with Gasteiger partial charge in [0.1, 0.15) is 5.69 Å². The number of fused-ring (bicyclic) bond motifs is 1. The van der Waals surface area contributed by atoms with E-state index in [1.165, 1.54) is 0 Å². The smallest absolute Gasteiger partial charge is 0.348 e. The minimum atomic E-state index is -0.790. The fourth-order valence-electron chi connectivity index (χ4n) is 1.52. The van der Waals surface area contributed by atoms with Crippen LogP contribution in [0.4, 0.5) is 11.4 Å². The predicted molar refractivity (Wildman–Crippen MR) is 68.2 cm³/mol. The summed E-state index contributed by atoms with van der Waals surface area (Å²) in [5, 5.41) is 10.7. The summed E-state index contributed by atoms with van der Waals surface area (Å²) in [5.74, 6) is 0. The lowest BCUT2D eigenvalue weighted by atomic mass is 10.2. The second kappa shape index (κ2) is 4.07. The summed E-state index contributed by atoms with van der Waals surface area (Å²) in [6.07, 6.45) is 0. The first-order valence-corrected chi connectivity index (χ1v) is 5.03. The van der Waals surface area contributed by atoms with Crippen LogP contribution in [-0.2, 0) is 0 Å². The van der Waals surface area contributed by atoms with Crippen molar-refractivity contribution in [2.45, 2.75) is 0 Å². The summed E-state index contributed by atoms with van der Waals surface area (Å²) in [6, 6.07) is 2.17. The SMILES string of the molecule is Nc1cc2c(=O)n(NS)c(=O)[nH]c2cc1[N+](=O)[O-]. The van der Waals surface area contributed by atoms with Crippen LogP contribution < -0.4 is 21.8 Å². The maximum atomic E-state index is 11.8. The molecule has 1 aromatic heterocycles. The van der Waals surface area contributed by atoms with Gasteiger partial charge in [0.15, 0.2) is 0 Å². The van der Waals surface area contributed by atoms with E-state index in [0.29, 0.717) is 4.68 Å². The second-order valence-corrected chi connectivity index (χ2v) is 3.58. The summed E-state index contributed by atoms with van der Waals surface area (Å²) < 4.78 is 0.608. The van der Waals surface area contributed by atoms with Gasteiger partial charge in [0, 0.05) is 6.07 Å². The van der Waals surface area contributed by atoms with Crippen molar-refractivity contribution >= 4 is 35.1 Å². The van der Waals surface area contributed by atoms with Crippen LogP contribution in [0.25, 0.3) is 10.9 Å². The molecule has 0 fully saturated rings. The van der Waals surface area contributed by atoms with Crippen molar-refractivity contribution in [3.05, 3.63) is 43.1 Å². The average molecular weight is 269 g/mol. The van der Waals surface area contributed by atoms with Gasteiger partial charge in [-0.2, -0.15) is 4.68 Å². The Morgan fingerprint density at radius 2 is 2.11 bits per heavy atom. The van der Waals surface area contributed by atoms with E-state index in [2.05, 4.69) is 22.6 Å². The molecule has 0 amide bonds. The van der Waals surface area contributed by atoms with Crippen molar-refractivity contribution in [2.75, 3.05) is 10.6 Å². The molecule has 0 saturated heterocycles. The fraction of sp³-hybridized carbons (Fsp3) is 0. The van der Waals surface area contributed by atoms with Gasteiger partial charge in [-0.25, -0.2) is 4.79 Å². The number of hydrogen-bond donors (Lipinski definition) is 4. The normalized spacial score (nSPS) is 10.5. The zero-order valence-corrected chi connectivity index (χ0v) is 9.60. The number of nitrogens with two attached hydrogens (primary N) is 1. The summed E-state index contributed by atoms with van der Waals surface area (Å²) in [6.45, 7) is 0. The molecule has 0 aliphatic heterocycles. The highest BCUT2D eigenvalue weighted by Crippen LogP contribution is 2.24. The maximum absolute atomic E-state index is 11.8. The third-order valence-corrected chi connectivity index (χ3v) is 2.54. The van der Waals surface area contributed by atoms with Gasteiger partial charge in [0.25, 0.3) is 11.2 Å². The number of benzene rings is 1. The monoisotopic (exact) mass is 269 g/mol. The van der Waals surface area contributed by atoms with Crippen LogP contribution in [0, 0.1) is 10.1 Å². The molecule has 9 nitrogen and oxygen atoms in total. The summed E-state index contributed by atoms with van der Waals surface area (Å²) in [7, 11) is 0. The van der Waals surface area contributed by atoms with E-state index >= 15 is 0 Å². The highest BCUT2D eigenvalue weighted by Gasteiger charge is 2.16. The molecule has 0 radical (unpaired) electrons. The van der Waals surface area contributed by atoms with Crippen molar-refractivity contribution in [3.63, 3.8) is 0 Å². The number of H-pyrrole nitrogens is 1. The van der Waals surface area contributed by atoms with Gasteiger partial charge in [-0.15, -0.1) is 0 Å². The molecule has 2 aromatic rings. The number of aromatic amines is 1. The molecule has 1 heterocycles. The van der Waals surface area contributed by atoms with E-state index in [1.807, 2.05) is 0 Å². The molecule has 0 aliphatic rings. The average Bonchev–Trinajstić information content (AvgIpc) is 2.30. The molecule has 18 heavy (non-hydrogen) atoms. The van der Waals surface area contributed by atoms with Gasteiger partial charge >= 0.3 is 5.69 Å². The van der Waals surface area contributed by atoms with Crippen molar-refractivity contribution < 1.29 is 4.92 Å². The lowest BCUT2D eigenvalue weighted by Gasteiger charge is -2.05. The Morgan fingerprint density at radius 3 is 2.67 bits per heavy atom. The molecule has 0 unspecified atom stereocenters. The topological polar surface area (TPSA) is 136 Å². The van der Waals surface area contributed by atoms with Crippen LogP contribution in [0.15, 0.2) is 21.7 Å². The number of aromatic nitrogens is 2. The fourth-order valence-corrected chi connectivity index (χ4v) is 1.70. The van der Waals surface area contributed by atoms with Gasteiger partial charge in [0.05, 0.1) is 15.8 Å². The maximum Gasteiger partial charge on any atom is 0.348 e. The second-order valence-electron chi connectivity index (χ2n) is 3.38. The molecule has 2 rings (SSSR count). The number of nitrogens with zero attached hydrogens (tertiary/aromatic N) is 2. The number of hydrogen-bond acceptors (Lipinski definition) is 7. The zero-order valence-electron chi connectivity index (χ0n) is 8.71. The number of nitrogens with one attached hydrogen (secondary N) is 2. The molecule has 0 atom stereocenters. The number of anilines is 1. The lowest BCUT2D eigenvalue weighted by Crippen LogP contribution is -2.38. The van der Waals surface area contributed by atoms with Gasteiger partial charge in [-0.05, 0) is 6.07 Å². The summed E-state index contributed by atoms with van der Waals surface area (Å²) in [5.41, 5.74) is 3.46. The minimum Gasteiger partial charge on any atom is -0.393 e. The standard InChI is InChI=1S/C8H7N5O4S/c9-4-1-3-5(2-6(4)13(16)17)10-8(15)12(11-18)7(3)14/h1-2,11,18H,9H2,(H,10,15). The Labute approximate surface area is 104 Å². The van der Waals surface area contributed by atoms with Gasteiger partial charge in [0.2, 0.25) is 0 Å². The van der Waals surface area contributed by atoms with E-state index in [9.17, 15) is 19.7 Å². The van der Waals surface area contributed by atoms with E-state index in [1.54, 1.807) is 0 Å². The van der Waals surface area contributed by atoms with Gasteiger partial charge in [-0.3, -0.25) is 19.7 Å². The van der Waals surface area contributed by atoms with E-state index in [-0.39, 0.29) is 22.3 Å². The zero-order chi connectivity index (χ0) is 13.4. The Kier molecular flexibility index (Phi) is 2.71. The van der Waals surface area contributed by atoms with Crippen molar-refractivity contribution in [1.29, 1.82) is 0 Å². The predicted octanol–water partition coefficient (Wildman–Crippen LogP) is -0.432. The Hall–Kier alpha value is -2.49. The lowest BCUT2D eigenvalue weighted by molar-refractivity contribution is -0.383. The van der Waals surface area contributed by atoms with Crippen LogP contribution in [0.5, 0.6) is 0 Å². The Bertz CT molecular complexity index is 764. The van der Waals surface area contributed by atoms with Crippen molar-refractivity contribution in [3.8, 4) is 0 Å². The molecule has 0 saturated carbocycles. The van der Waals surface area contributed by atoms with Crippen LogP contribution in [0.3, 0.4) is 0 Å². The first kappa shape index (κ1) is 12.0. The molecule has 0 bridgehead atoms. The Morgan fingerprint density at radius 1 is 1.44 bits per heavy atom. The first-order chi connectivity index (χ1) is 8.45. The molecule has 0 spiro atoms. The van der Waals surface area contributed by atoms with Crippen LogP contribution in [0.1, 0.15) is 0 Å². The van der Waals surface area contributed by atoms with Gasteiger partial charge in [-0.1, -0.05) is 12.8 Å². The summed E-state index contributed by atoms with van der Waals surface area (Å²) >= 11 is 3.61. The molecular weight excluding hydrogens is 262 g/mol. The molecule has 10 heteroatoms. The first-order valence-electron chi connectivity index (χ1n) is 4.58. The van der Waals surface area contributed by atoms with E-state index < -0.39 is 16.2 Å².